The molecule has 25 heavy (non-hydrogen) atoms. The van der Waals surface area contributed by atoms with Crippen molar-refractivity contribution in [2.75, 3.05) is 32.6 Å². The first kappa shape index (κ1) is 19.1. The highest BCUT2D eigenvalue weighted by Gasteiger charge is 2.30. The third-order valence-electron chi connectivity index (χ3n) is 4.35. The second kappa shape index (κ2) is 8.71. The fraction of sp³-hybridized carbons (Fsp3) is 0.556. The number of hydrogen-bond donors (Lipinski definition) is 2. The number of benzene rings is 1. The van der Waals surface area contributed by atoms with E-state index in [9.17, 15) is 14.7 Å². The van der Waals surface area contributed by atoms with Crippen molar-refractivity contribution in [2.24, 2.45) is 0 Å². The second-order valence-corrected chi connectivity index (χ2v) is 6.22. The predicted molar refractivity (Wildman–Crippen MR) is 94.0 cm³/mol. The molecule has 0 radical (unpaired) electrons. The summed E-state index contributed by atoms with van der Waals surface area (Å²) in [6.45, 7) is 2.45. The number of methoxy groups -OCH3 is 1. The van der Waals surface area contributed by atoms with Gasteiger partial charge in [-0.05, 0) is 32.3 Å². The highest BCUT2D eigenvalue weighted by molar-refractivity contribution is 6.00. The summed E-state index contributed by atoms with van der Waals surface area (Å²) < 4.78 is 11.0. The fourth-order valence-corrected chi connectivity index (χ4v) is 2.98. The molecule has 1 aliphatic rings. The third kappa shape index (κ3) is 4.63. The number of nitrogen functional groups attached to an aromatic ring is 1. The van der Waals surface area contributed by atoms with Crippen LogP contribution in [0, 0.1) is 0 Å². The maximum atomic E-state index is 12.8. The third-order valence-corrected chi connectivity index (χ3v) is 4.35. The van der Waals surface area contributed by atoms with Crippen molar-refractivity contribution in [1.29, 1.82) is 0 Å². The first-order chi connectivity index (χ1) is 12.0. The van der Waals surface area contributed by atoms with Crippen LogP contribution >= 0.6 is 0 Å². The summed E-state index contributed by atoms with van der Waals surface area (Å²) in [5, 5.41) is 9.41. The van der Waals surface area contributed by atoms with Gasteiger partial charge in [0.2, 0.25) is 0 Å². The van der Waals surface area contributed by atoms with Crippen molar-refractivity contribution in [3.05, 3.63) is 17.7 Å². The first-order valence-corrected chi connectivity index (χ1v) is 8.49. The number of carbonyl (C=O) groups excluding carboxylic acids is 2. The fourth-order valence-electron chi connectivity index (χ4n) is 2.98. The van der Waals surface area contributed by atoms with Crippen LogP contribution in [0.15, 0.2) is 12.1 Å². The number of carbonyl (C=O) groups is 2. The Morgan fingerprint density at radius 2 is 2.12 bits per heavy atom. The van der Waals surface area contributed by atoms with E-state index in [1.165, 1.54) is 14.0 Å². The molecule has 1 amide bonds. The topological polar surface area (TPSA) is 102 Å². The lowest BCUT2D eigenvalue weighted by molar-refractivity contribution is -0.117. The van der Waals surface area contributed by atoms with E-state index in [-0.39, 0.29) is 24.3 Å². The number of Topliss-reactive ketones (excluding diaryl/α,β-unsaturated/α-hetero) is 1. The molecule has 1 aromatic rings. The minimum Gasteiger partial charge on any atom is -0.493 e. The monoisotopic (exact) mass is 350 g/mol. The Hall–Kier alpha value is -2.28. The quantitative estimate of drug-likeness (QED) is 0.546. The Bertz CT molecular complexity index is 632. The van der Waals surface area contributed by atoms with Gasteiger partial charge in [0.05, 0.1) is 31.9 Å². The molecular weight excluding hydrogens is 324 g/mol. The molecule has 1 fully saturated rings. The Labute approximate surface area is 147 Å². The lowest BCUT2D eigenvalue weighted by Crippen LogP contribution is -2.38. The Kier molecular flexibility index (Phi) is 6.64. The van der Waals surface area contributed by atoms with Crippen molar-refractivity contribution >= 4 is 17.4 Å². The van der Waals surface area contributed by atoms with Crippen molar-refractivity contribution < 1.29 is 24.2 Å². The number of likely N-dealkylation sites (tertiary alicyclic amines) is 1. The summed E-state index contributed by atoms with van der Waals surface area (Å²) >= 11 is 0. The molecule has 3 N–H and O–H groups in total. The van der Waals surface area contributed by atoms with E-state index in [1.54, 1.807) is 17.0 Å². The molecule has 0 bridgehead atoms. The SMILES string of the molecule is COc1cc(C(=O)N2CCC[C@@H]2CO)c(N)cc1OCCCC(C)=O. The molecule has 1 aromatic carbocycles. The molecule has 1 atom stereocenters. The summed E-state index contributed by atoms with van der Waals surface area (Å²) in [5.74, 6) is 0.760. The van der Waals surface area contributed by atoms with Crippen molar-refractivity contribution in [3.8, 4) is 11.5 Å². The zero-order chi connectivity index (χ0) is 18.4. The molecule has 0 aromatic heterocycles. The number of aliphatic hydroxyl groups excluding tert-OH is 1. The summed E-state index contributed by atoms with van der Waals surface area (Å²) in [6, 6.07) is 2.98. The van der Waals surface area contributed by atoms with Crippen LogP contribution in [-0.2, 0) is 4.79 Å². The van der Waals surface area contributed by atoms with Crippen LogP contribution in [0.25, 0.3) is 0 Å². The zero-order valence-corrected chi connectivity index (χ0v) is 14.8. The van der Waals surface area contributed by atoms with Gasteiger partial charge in [-0.3, -0.25) is 4.79 Å². The maximum Gasteiger partial charge on any atom is 0.256 e. The molecule has 7 nitrogen and oxygen atoms in total. The van der Waals surface area contributed by atoms with Gasteiger partial charge >= 0.3 is 0 Å². The first-order valence-electron chi connectivity index (χ1n) is 8.49. The molecule has 1 heterocycles. The van der Waals surface area contributed by atoms with Gasteiger partial charge in [0.25, 0.3) is 5.91 Å². The largest absolute Gasteiger partial charge is 0.493 e. The van der Waals surface area contributed by atoms with Gasteiger partial charge in [0, 0.05) is 24.7 Å². The van der Waals surface area contributed by atoms with Crippen molar-refractivity contribution in [2.45, 2.75) is 38.6 Å². The van der Waals surface area contributed by atoms with Crippen molar-refractivity contribution in [3.63, 3.8) is 0 Å². The van der Waals surface area contributed by atoms with Crippen LogP contribution < -0.4 is 15.2 Å². The van der Waals surface area contributed by atoms with E-state index in [1.807, 2.05) is 0 Å². The minimum atomic E-state index is -0.213. The van der Waals surface area contributed by atoms with Crippen LogP contribution in [0.1, 0.15) is 43.0 Å². The number of ether oxygens (including phenoxy) is 2. The molecule has 0 aliphatic carbocycles. The summed E-state index contributed by atoms with van der Waals surface area (Å²) in [4.78, 5) is 25.4. The lowest BCUT2D eigenvalue weighted by atomic mass is 10.1. The van der Waals surface area contributed by atoms with Gasteiger partial charge in [-0.2, -0.15) is 0 Å². The average Bonchev–Trinajstić information content (AvgIpc) is 3.06. The van der Waals surface area contributed by atoms with Gasteiger partial charge < -0.3 is 30.0 Å². The number of nitrogens with two attached hydrogens (primary N) is 1. The van der Waals surface area contributed by atoms with E-state index < -0.39 is 0 Å². The molecule has 2 rings (SSSR count). The van der Waals surface area contributed by atoms with E-state index in [0.29, 0.717) is 48.7 Å². The van der Waals surface area contributed by atoms with Crippen LogP contribution in [0.2, 0.25) is 0 Å². The van der Waals surface area contributed by atoms with Gasteiger partial charge in [-0.1, -0.05) is 0 Å². The van der Waals surface area contributed by atoms with Crippen molar-refractivity contribution in [1.82, 2.24) is 4.90 Å². The summed E-state index contributed by atoms with van der Waals surface area (Å²) in [5.41, 5.74) is 6.70. The number of amides is 1. The number of nitrogens with zero attached hydrogens (tertiary/aromatic N) is 1. The van der Waals surface area contributed by atoms with Gasteiger partial charge in [0.15, 0.2) is 11.5 Å². The molecule has 0 unspecified atom stereocenters. The van der Waals surface area contributed by atoms with Gasteiger partial charge in [-0.25, -0.2) is 0 Å². The minimum absolute atomic E-state index is 0.0554. The highest BCUT2D eigenvalue weighted by Crippen LogP contribution is 2.34. The predicted octanol–water partition coefficient (Wildman–Crippen LogP) is 1.62. The lowest BCUT2D eigenvalue weighted by Gasteiger charge is -2.24. The molecule has 0 saturated carbocycles. The normalized spacial score (nSPS) is 16.8. The molecule has 1 aliphatic heterocycles. The maximum absolute atomic E-state index is 12.8. The zero-order valence-electron chi connectivity index (χ0n) is 14.8. The molecular formula is C18H26N2O5. The smallest absolute Gasteiger partial charge is 0.256 e. The Morgan fingerprint density at radius 1 is 1.36 bits per heavy atom. The van der Waals surface area contributed by atoms with E-state index in [2.05, 4.69) is 0 Å². The average molecular weight is 350 g/mol. The molecule has 138 valence electrons. The number of rotatable bonds is 8. The number of aliphatic hydroxyl groups is 1. The molecule has 1 saturated heterocycles. The molecule has 0 spiro atoms. The van der Waals surface area contributed by atoms with E-state index in [4.69, 9.17) is 15.2 Å². The Balaban J connectivity index is 2.15. The Morgan fingerprint density at radius 3 is 2.76 bits per heavy atom. The van der Waals surface area contributed by atoms with E-state index in [0.717, 1.165) is 12.8 Å². The number of ketones is 1. The summed E-state index contributed by atoms with van der Waals surface area (Å²) in [6.07, 6.45) is 2.71. The second-order valence-electron chi connectivity index (χ2n) is 6.22. The van der Waals surface area contributed by atoms with Crippen LogP contribution in [0.5, 0.6) is 11.5 Å². The van der Waals surface area contributed by atoms with Crippen LogP contribution in [0.3, 0.4) is 0 Å². The van der Waals surface area contributed by atoms with Crippen LogP contribution in [-0.4, -0.2) is 54.6 Å². The van der Waals surface area contributed by atoms with Crippen LogP contribution in [0.4, 0.5) is 5.69 Å². The standard InChI is InChI=1S/C18H26N2O5/c1-12(22)5-4-8-25-17-10-15(19)14(9-16(17)24-2)18(23)20-7-3-6-13(20)11-21/h9-10,13,21H,3-8,11,19H2,1-2H3/t13-/m1/s1. The van der Waals surface area contributed by atoms with E-state index >= 15 is 0 Å². The molecule has 7 heteroatoms. The van der Waals surface area contributed by atoms with Gasteiger partial charge in [0.1, 0.15) is 5.78 Å². The van der Waals surface area contributed by atoms with Gasteiger partial charge in [-0.15, -0.1) is 0 Å². The highest BCUT2D eigenvalue weighted by atomic mass is 16.5. The number of hydrogen-bond acceptors (Lipinski definition) is 6. The number of anilines is 1. The summed E-state index contributed by atoms with van der Waals surface area (Å²) in [7, 11) is 1.49.